The molecule has 0 aliphatic rings. The van der Waals surface area contributed by atoms with E-state index in [0.29, 0.717) is 0 Å². The molecular weight excluding hydrogens is 180 g/mol. The van der Waals surface area contributed by atoms with Crippen LogP contribution in [0.2, 0.25) is 0 Å². The molecule has 1 heterocycles. The van der Waals surface area contributed by atoms with Crippen LogP contribution in [0.25, 0.3) is 6.08 Å². The van der Waals surface area contributed by atoms with Gasteiger partial charge in [0.15, 0.2) is 0 Å². The maximum atomic E-state index is 3.85. The van der Waals surface area contributed by atoms with Crippen LogP contribution in [0.3, 0.4) is 0 Å². The minimum Gasteiger partial charge on any atom is -0.345 e. The number of aromatic amines is 1. The van der Waals surface area contributed by atoms with Gasteiger partial charge in [0, 0.05) is 5.33 Å². The third-order valence-electron chi connectivity index (χ3n) is 0.906. The first kappa shape index (κ1) is 6.55. The zero-order valence-electron chi connectivity index (χ0n) is 4.84. The lowest BCUT2D eigenvalue weighted by Crippen LogP contribution is -1.66. The summed E-state index contributed by atoms with van der Waals surface area (Å²) in [5.41, 5.74) is 1.04. The van der Waals surface area contributed by atoms with E-state index in [9.17, 15) is 0 Å². The van der Waals surface area contributed by atoms with Gasteiger partial charge in [-0.3, -0.25) is 0 Å². The van der Waals surface area contributed by atoms with Gasteiger partial charge in [-0.1, -0.05) is 22.0 Å². The van der Waals surface area contributed by atoms with Gasteiger partial charge < -0.3 is 4.98 Å². The minimum atomic E-state index is 0.881. The summed E-state index contributed by atoms with van der Waals surface area (Å²) in [6, 6.07) is 0. The number of halogens is 1. The lowest BCUT2D eigenvalue weighted by molar-refractivity contribution is 1.31. The van der Waals surface area contributed by atoms with Crippen molar-refractivity contribution in [3.63, 3.8) is 0 Å². The van der Waals surface area contributed by atoms with Gasteiger partial charge in [-0.2, -0.15) is 0 Å². The van der Waals surface area contributed by atoms with Crippen molar-refractivity contribution >= 4 is 22.0 Å². The van der Waals surface area contributed by atoms with E-state index in [0.717, 1.165) is 11.0 Å². The number of allylic oxidation sites excluding steroid dienone is 1. The molecular formula is C6H7BrN2. The first-order valence-electron chi connectivity index (χ1n) is 2.64. The fourth-order valence-electron chi connectivity index (χ4n) is 0.529. The van der Waals surface area contributed by atoms with Crippen LogP contribution in [-0.4, -0.2) is 15.3 Å². The summed E-state index contributed by atoms with van der Waals surface area (Å²) in [5.74, 6) is 0. The summed E-state index contributed by atoms with van der Waals surface area (Å²) in [4.78, 5) is 6.81. The molecule has 1 aromatic heterocycles. The first-order valence-corrected chi connectivity index (χ1v) is 3.76. The molecule has 0 aliphatic carbocycles. The SMILES string of the molecule is BrC/C=C/c1cnc[nH]1. The number of hydrogen-bond acceptors (Lipinski definition) is 1. The van der Waals surface area contributed by atoms with Crippen LogP contribution in [0.15, 0.2) is 18.6 Å². The molecule has 0 saturated carbocycles. The van der Waals surface area contributed by atoms with Crippen molar-refractivity contribution in [3.05, 3.63) is 24.3 Å². The van der Waals surface area contributed by atoms with E-state index < -0.39 is 0 Å². The monoisotopic (exact) mass is 186 g/mol. The molecule has 0 spiro atoms. The summed E-state index contributed by atoms with van der Waals surface area (Å²) < 4.78 is 0. The second-order valence-corrected chi connectivity index (χ2v) is 2.21. The summed E-state index contributed by atoms with van der Waals surface area (Å²) in [7, 11) is 0. The number of imidazole rings is 1. The predicted octanol–water partition coefficient (Wildman–Crippen LogP) is 1.82. The Balaban J connectivity index is 2.57. The van der Waals surface area contributed by atoms with E-state index in [-0.39, 0.29) is 0 Å². The Hall–Kier alpha value is -0.570. The molecule has 0 aliphatic heterocycles. The lowest BCUT2D eigenvalue weighted by Gasteiger charge is -1.78. The van der Waals surface area contributed by atoms with E-state index in [1.807, 2.05) is 12.2 Å². The molecule has 0 unspecified atom stereocenters. The van der Waals surface area contributed by atoms with Crippen LogP contribution in [-0.2, 0) is 0 Å². The second-order valence-electron chi connectivity index (χ2n) is 1.56. The molecule has 2 nitrogen and oxygen atoms in total. The average molecular weight is 187 g/mol. The Labute approximate surface area is 62.1 Å². The number of aromatic nitrogens is 2. The van der Waals surface area contributed by atoms with Gasteiger partial charge in [0.25, 0.3) is 0 Å². The molecule has 0 amide bonds. The van der Waals surface area contributed by atoms with Crippen LogP contribution < -0.4 is 0 Å². The molecule has 0 bridgehead atoms. The average Bonchev–Trinajstić information content (AvgIpc) is 2.34. The van der Waals surface area contributed by atoms with Gasteiger partial charge in [0.1, 0.15) is 0 Å². The smallest absolute Gasteiger partial charge is 0.0924 e. The van der Waals surface area contributed by atoms with Crippen molar-refractivity contribution in [1.29, 1.82) is 0 Å². The van der Waals surface area contributed by atoms with Crippen molar-refractivity contribution in [3.8, 4) is 0 Å². The third kappa shape index (κ3) is 2.01. The van der Waals surface area contributed by atoms with Crippen molar-refractivity contribution in [1.82, 2.24) is 9.97 Å². The number of nitrogens with one attached hydrogen (secondary N) is 1. The Bertz CT molecular complexity index is 179. The highest BCUT2D eigenvalue weighted by atomic mass is 79.9. The van der Waals surface area contributed by atoms with Crippen LogP contribution in [0.5, 0.6) is 0 Å². The summed E-state index contributed by atoms with van der Waals surface area (Å²) in [6.45, 7) is 0. The minimum absolute atomic E-state index is 0.881. The van der Waals surface area contributed by atoms with E-state index in [1.165, 1.54) is 0 Å². The number of hydrogen-bond donors (Lipinski definition) is 1. The van der Waals surface area contributed by atoms with Crippen molar-refractivity contribution in [2.45, 2.75) is 0 Å². The summed E-state index contributed by atoms with van der Waals surface area (Å²) in [6.07, 6.45) is 7.42. The maximum absolute atomic E-state index is 3.85. The van der Waals surface area contributed by atoms with E-state index in [4.69, 9.17) is 0 Å². The Morgan fingerprint density at radius 1 is 1.78 bits per heavy atom. The first-order chi connectivity index (χ1) is 4.43. The lowest BCUT2D eigenvalue weighted by atomic mass is 10.4. The van der Waals surface area contributed by atoms with Gasteiger partial charge >= 0.3 is 0 Å². The summed E-state index contributed by atoms with van der Waals surface area (Å²) in [5, 5.41) is 0.881. The quantitative estimate of drug-likeness (QED) is 0.702. The predicted molar refractivity (Wildman–Crippen MR) is 41.4 cm³/mol. The molecule has 0 saturated heterocycles. The molecule has 3 heteroatoms. The van der Waals surface area contributed by atoms with E-state index >= 15 is 0 Å². The number of H-pyrrole nitrogens is 1. The van der Waals surface area contributed by atoms with E-state index in [1.54, 1.807) is 12.5 Å². The Kier molecular flexibility index (Phi) is 2.51. The van der Waals surface area contributed by atoms with Crippen LogP contribution in [0, 0.1) is 0 Å². The highest BCUT2D eigenvalue weighted by Gasteiger charge is 1.81. The molecule has 0 aromatic carbocycles. The largest absolute Gasteiger partial charge is 0.345 e. The van der Waals surface area contributed by atoms with Gasteiger partial charge in [-0.25, -0.2) is 4.98 Å². The summed E-state index contributed by atoms with van der Waals surface area (Å²) >= 11 is 3.27. The molecule has 0 fully saturated rings. The van der Waals surface area contributed by atoms with Crippen LogP contribution in [0.1, 0.15) is 5.69 Å². The van der Waals surface area contributed by atoms with Crippen LogP contribution >= 0.6 is 15.9 Å². The van der Waals surface area contributed by atoms with E-state index in [2.05, 4.69) is 25.9 Å². The fraction of sp³-hybridized carbons (Fsp3) is 0.167. The molecule has 0 atom stereocenters. The zero-order chi connectivity index (χ0) is 6.53. The topological polar surface area (TPSA) is 28.7 Å². The Morgan fingerprint density at radius 3 is 3.22 bits per heavy atom. The molecule has 1 N–H and O–H groups in total. The highest BCUT2D eigenvalue weighted by molar-refractivity contribution is 9.09. The van der Waals surface area contributed by atoms with Crippen molar-refractivity contribution < 1.29 is 0 Å². The molecule has 1 aromatic rings. The molecule has 9 heavy (non-hydrogen) atoms. The molecule has 1 rings (SSSR count). The van der Waals surface area contributed by atoms with Crippen molar-refractivity contribution in [2.75, 3.05) is 5.33 Å². The van der Waals surface area contributed by atoms with Gasteiger partial charge in [0.05, 0.1) is 18.2 Å². The number of nitrogens with zero attached hydrogens (tertiary/aromatic N) is 1. The molecule has 48 valence electrons. The van der Waals surface area contributed by atoms with Gasteiger partial charge in [-0.15, -0.1) is 0 Å². The zero-order valence-corrected chi connectivity index (χ0v) is 6.43. The normalized spacial score (nSPS) is 10.8. The van der Waals surface area contributed by atoms with Gasteiger partial charge in [-0.05, 0) is 6.08 Å². The highest BCUT2D eigenvalue weighted by Crippen LogP contribution is 1.94. The maximum Gasteiger partial charge on any atom is 0.0924 e. The second kappa shape index (κ2) is 3.45. The van der Waals surface area contributed by atoms with Crippen LogP contribution in [0.4, 0.5) is 0 Å². The standard InChI is InChI=1S/C6H7BrN2/c7-3-1-2-6-4-8-5-9-6/h1-2,4-5H,3H2,(H,8,9)/b2-1+. The third-order valence-corrected chi connectivity index (χ3v) is 1.28. The number of rotatable bonds is 2. The fourth-order valence-corrected chi connectivity index (χ4v) is 0.716. The number of alkyl halides is 1. The Morgan fingerprint density at radius 2 is 2.67 bits per heavy atom. The van der Waals surface area contributed by atoms with Crippen molar-refractivity contribution in [2.24, 2.45) is 0 Å². The molecule has 0 radical (unpaired) electrons. The van der Waals surface area contributed by atoms with Gasteiger partial charge in [0.2, 0.25) is 0 Å².